The van der Waals surface area contributed by atoms with Crippen LogP contribution in [0.25, 0.3) is 5.82 Å². The first kappa shape index (κ1) is 11.6. The molecule has 1 fully saturated rings. The van der Waals surface area contributed by atoms with Gasteiger partial charge in [-0.3, -0.25) is 4.98 Å². The van der Waals surface area contributed by atoms with Crippen LogP contribution in [-0.4, -0.2) is 30.8 Å². The highest BCUT2D eigenvalue weighted by atomic mass is 16.4. The second kappa shape index (κ2) is 3.88. The molecule has 6 heteroatoms. The molecule has 102 valence electrons. The van der Waals surface area contributed by atoms with Crippen molar-refractivity contribution < 1.29 is 9.90 Å². The summed E-state index contributed by atoms with van der Waals surface area (Å²) in [5, 5.41) is 13.5. The minimum absolute atomic E-state index is 0.175. The molecular formula is C14H14N4O2. The molecule has 2 aliphatic rings. The number of carboxylic acids is 1. The van der Waals surface area contributed by atoms with E-state index in [2.05, 4.69) is 15.1 Å². The lowest BCUT2D eigenvalue weighted by atomic mass is 10.1. The number of hydrogen-bond acceptors (Lipinski definition) is 4. The summed E-state index contributed by atoms with van der Waals surface area (Å²) in [6.07, 6.45) is 6.20. The Labute approximate surface area is 115 Å². The molecular weight excluding hydrogens is 256 g/mol. The van der Waals surface area contributed by atoms with Crippen molar-refractivity contribution in [1.82, 2.24) is 19.7 Å². The number of carbonyl (C=O) groups is 1. The van der Waals surface area contributed by atoms with E-state index in [1.165, 1.54) is 0 Å². The highest BCUT2D eigenvalue weighted by Gasteiger charge is 2.50. The fourth-order valence-electron chi connectivity index (χ4n) is 3.10. The van der Waals surface area contributed by atoms with Crippen molar-refractivity contribution in [2.24, 2.45) is 5.92 Å². The Hall–Kier alpha value is -2.24. The van der Waals surface area contributed by atoms with Crippen LogP contribution in [0.3, 0.4) is 0 Å². The lowest BCUT2D eigenvalue weighted by molar-refractivity contribution is 0.0688. The molecule has 2 aromatic rings. The number of rotatable bonds is 3. The first-order valence-corrected chi connectivity index (χ1v) is 6.85. The first-order valence-electron chi connectivity index (χ1n) is 6.85. The van der Waals surface area contributed by atoms with Crippen molar-refractivity contribution >= 4 is 5.97 Å². The molecule has 0 radical (unpaired) electrons. The van der Waals surface area contributed by atoms with Gasteiger partial charge in [0.2, 0.25) is 0 Å². The minimum atomic E-state index is -0.959. The van der Waals surface area contributed by atoms with Gasteiger partial charge in [-0.1, -0.05) is 6.92 Å². The molecule has 4 rings (SSSR count). The number of aromatic nitrogens is 4. The van der Waals surface area contributed by atoms with Gasteiger partial charge in [0.1, 0.15) is 0 Å². The molecule has 0 spiro atoms. The van der Waals surface area contributed by atoms with E-state index in [-0.39, 0.29) is 5.69 Å². The van der Waals surface area contributed by atoms with Crippen LogP contribution in [0, 0.1) is 5.92 Å². The SMILES string of the molecule is CCc1cnc(-n2nc(C(=O)O)c3c2[C@@H]2C[C@@H]2C3)cn1. The van der Waals surface area contributed by atoms with E-state index in [9.17, 15) is 9.90 Å². The van der Waals surface area contributed by atoms with Gasteiger partial charge >= 0.3 is 5.97 Å². The van der Waals surface area contributed by atoms with Gasteiger partial charge in [-0.15, -0.1) is 0 Å². The van der Waals surface area contributed by atoms with E-state index >= 15 is 0 Å². The van der Waals surface area contributed by atoms with E-state index in [0.717, 1.165) is 36.2 Å². The highest BCUT2D eigenvalue weighted by molar-refractivity contribution is 5.88. The van der Waals surface area contributed by atoms with Gasteiger partial charge in [0.05, 0.1) is 23.8 Å². The van der Waals surface area contributed by atoms with Gasteiger partial charge < -0.3 is 5.11 Å². The van der Waals surface area contributed by atoms with Crippen molar-refractivity contribution in [3.05, 3.63) is 35.0 Å². The lowest BCUT2D eigenvalue weighted by Crippen LogP contribution is -2.06. The van der Waals surface area contributed by atoms with Crippen LogP contribution in [0.15, 0.2) is 12.4 Å². The van der Waals surface area contributed by atoms with Crippen LogP contribution < -0.4 is 0 Å². The van der Waals surface area contributed by atoms with E-state index in [1.807, 2.05) is 6.92 Å². The number of aromatic carboxylic acids is 1. The van der Waals surface area contributed by atoms with Gasteiger partial charge in [0.15, 0.2) is 11.5 Å². The summed E-state index contributed by atoms with van der Waals surface area (Å²) < 4.78 is 1.68. The quantitative estimate of drug-likeness (QED) is 0.915. The second-order valence-electron chi connectivity index (χ2n) is 5.46. The van der Waals surface area contributed by atoms with Crippen molar-refractivity contribution in [3.63, 3.8) is 0 Å². The maximum Gasteiger partial charge on any atom is 0.356 e. The van der Waals surface area contributed by atoms with Gasteiger partial charge in [0.25, 0.3) is 0 Å². The maximum absolute atomic E-state index is 11.3. The molecule has 0 amide bonds. The smallest absolute Gasteiger partial charge is 0.356 e. The molecule has 2 aliphatic carbocycles. The minimum Gasteiger partial charge on any atom is -0.476 e. The molecule has 0 bridgehead atoms. The zero-order chi connectivity index (χ0) is 13.9. The Kier molecular flexibility index (Phi) is 2.24. The molecule has 20 heavy (non-hydrogen) atoms. The van der Waals surface area contributed by atoms with Crippen molar-refractivity contribution in [2.45, 2.75) is 32.1 Å². The Morgan fingerprint density at radius 1 is 1.45 bits per heavy atom. The fraction of sp³-hybridized carbons (Fsp3) is 0.429. The standard InChI is InChI=1S/C14H14N4O2/c1-2-8-5-16-11(6-15-8)18-13-9-3-7(9)4-10(13)12(17-18)14(19)20/h5-7,9H,2-4H2,1H3,(H,19,20)/t7-,9-/m1/s1. The average Bonchev–Trinajstić information content (AvgIpc) is 2.95. The Bertz CT molecular complexity index is 705. The normalized spacial score (nSPS) is 22.4. The zero-order valence-electron chi connectivity index (χ0n) is 11.1. The summed E-state index contributed by atoms with van der Waals surface area (Å²) in [6, 6.07) is 0. The summed E-state index contributed by atoms with van der Waals surface area (Å²) in [5.41, 5.74) is 3.01. The summed E-state index contributed by atoms with van der Waals surface area (Å²) in [7, 11) is 0. The summed E-state index contributed by atoms with van der Waals surface area (Å²) in [6.45, 7) is 2.02. The van der Waals surface area contributed by atoms with E-state index in [4.69, 9.17) is 0 Å². The molecule has 0 aromatic carbocycles. The van der Waals surface area contributed by atoms with Crippen molar-refractivity contribution in [3.8, 4) is 5.82 Å². The number of fused-ring (bicyclic) bond motifs is 3. The molecule has 0 saturated heterocycles. The van der Waals surface area contributed by atoms with Gasteiger partial charge in [-0.05, 0) is 25.2 Å². The van der Waals surface area contributed by atoms with Crippen LogP contribution in [0.4, 0.5) is 0 Å². The number of carboxylic acid groups (broad SMARTS) is 1. The molecule has 2 atom stereocenters. The van der Waals surface area contributed by atoms with Crippen LogP contribution in [-0.2, 0) is 12.8 Å². The van der Waals surface area contributed by atoms with E-state index in [0.29, 0.717) is 17.7 Å². The van der Waals surface area contributed by atoms with Gasteiger partial charge in [0, 0.05) is 11.5 Å². The van der Waals surface area contributed by atoms with Crippen LogP contribution in [0.2, 0.25) is 0 Å². The number of nitrogens with zero attached hydrogens (tertiary/aromatic N) is 4. The van der Waals surface area contributed by atoms with Crippen molar-refractivity contribution in [1.29, 1.82) is 0 Å². The number of hydrogen-bond donors (Lipinski definition) is 1. The van der Waals surface area contributed by atoms with E-state index in [1.54, 1.807) is 17.1 Å². The molecule has 0 unspecified atom stereocenters. The molecule has 1 saturated carbocycles. The number of aryl methyl sites for hydroxylation is 1. The average molecular weight is 270 g/mol. The van der Waals surface area contributed by atoms with Gasteiger partial charge in [-0.2, -0.15) is 5.10 Å². The molecule has 2 aromatic heterocycles. The molecule has 6 nitrogen and oxygen atoms in total. The predicted octanol–water partition coefficient (Wildman–Crippen LogP) is 1.58. The van der Waals surface area contributed by atoms with Crippen LogP contribution in [0.1, 0.15) is 46.7 Å². The molecule has 2 heterocycles. The summed E-state index contributed by atoms with van der Waals surface area (Å²) in [5.74, 6) is 0.714. The fourth-order valence-corrected chi connectivity index (χ4v) is 3.10. The maximum atomic E-state index is 11.3. The lowest BCUT2D eigenvalue weighted by Gasteiger charge is -2.05. The predicted molar refractivity (Wildman–Crippen MR) is 70.0 cm³/mol. The van der Waals surface area contributed by atoms with Crippen LogP contribution >= 0.6 is 0 Å². The zero-order valence-corrected chi connectivity index (χ0v) is 11.1. The third-order valence-corrected chi connectivity index (χ3v) is 4.24. The first-order chi connectivity index (χ1) is 9.69. The third kappa shape index (κ3) is 1.51. The summed E-state index contributed by atoms with van der Waals surface area (Å²) >= 11 is 0. The van der Waals surface area contributed by atoms with Crippen molar-refractivity contribution in [2.75, 3.05) is 0 Å². The summed E-state index contributed by atoms with van der Waals surface area (Å²) in [4.78, 5) is 20.0. The monoisotopic (exact) mass is 270 g/mol. The Morgan fingerprint density at radius 2 is 2.30 bits per heavy atom. The topological polar surface area (TPSA) is 80.9 Å². The highest BCUT2D eigenvalue weighted by Crippen LogP contribution is 2.57. The second-order valence-corrected chi connectivity index (χ2v) is 5.46. The third-order valence-electron chi connectivity index (χ3n) is 4.24. The Morgan fingerprint density at radius 3 is 2.95 bits per heavy atom. The van der Waals surface area contributed by atoms with Crippen LogP contribution in [0.5, 0.6) is 0 Å². The molecule has 0 aliphatic heterocycles. The van der Waals surface area contributed by atoms with Gasteiger partial charge in [-0.25, -0.2) is 14.5 Å². The van der Waals surface area contributed by atoms with E-state index < -0.39 is 5.97 Å². The Balaban J connectivity index is 1.85. The largest absolute Gasteiger partial charge is 0.476 e. The molecule has 1 N–H and O–H groups in total.